The molecule has 0 saturated carbocycles. The van der Waals surface area contributed by atoms with E-state index < -0.39 is 6.10 Å². The van der Waals surface area contributed by atoms with Gasteiger partial charge in [0.2, 0.25) is 5.91 Å². The lowest BCUT2D eigenvalue weighted by Crippen LogP contribution is -2.39. The summed E-state index contributed by atoms with van der Waals surface area (Å²) in [4.78, 5) is 24.0. The van der Waals surface area contributed by atoms with Crippen LogP contribution in [0, 0.1) is 0 Å². The lowest BCUT2D eigenvalue weighted by atomic mass is 10.1. The van der Waals surface area contributed by atoms with Crippen LogP contribution in [0.25, 0.3) is 0 Å². The van der Waals surface area contributed by atoms with Crippen molar-refractivity contribution < 1.29 is 19.1 Å². The van der Waals surface area contributed by atoms with Crippen LogP contribution in [0.15, 0.2) is 48.5 Å². The van der Waals surface area contributed by atoms with Gasteiger partial charge in [-0.2, -0.15) is 0 Å². The zero-order valence-electron chi connectivity index (χ0n) is 14.7. The molecule has 0 fully saturated rings. The Morgan fingerprint density at radius 2 is 1.96 bits per heavy atom. The molecule has 6 heteroatoms. The first-order chi connectivity index (χ1) is 12.7. The second-order valence-electron chi connectivity index (χ2n) is 6.08. The lowest BCUT2D eigenvalue weighted by molar-refractivity contribution is -0.125. The number of fused-ring (bicyclic) bond motifs is 1. The number of para-hydroxylation sites is 2. The first-order valence-electron chi connectivity index (χ1n) is 8.62. The Bertz CT molecular complexity index is 774. The van der Waals surface area contributed by atoms with Gasteiger partial charge < -0.3 is 20.1 Å². The number of hydrogen-bond acceptors (Lipinski definition) is 4. The third-order valence-electron chi connectivity index (χ3n) is 4.24. The SMILES string of the molecule is COc1ccc(CCC(=O)NCCC2Oc3ccccc3NC2=O)cc1. The van der Waals surface area contributed by atoms with Crippen molar-refractivity contribution in [3.05, 3.63) is 54.1 Å². The molecule has 26 heavy (non-hydrogen) atoms. The normalized spacial score (nSPS) is 15.4. The summed E-state index contributed by atoms with van der Waals surface area (Å²) in [6.45, 7) is 0.391. The Kier molecular flexibility index (Phi) is 5.73. The highest BCUT2D eigenvalue weighted by atomic mass is 16.5. The average molecular weight is 354 g/mol. The fraction of sp³-hybridized carbons (Fsp3) is 0.300. The van der Waals surface area contributed by atoms with Gasteiger partial charge in [-0.1, -0.05) is 24.3 Å². The first kappa shape index (κ1) is 17.8. The van der Waals surface area contributed by atoms with Crippen LogP contribution < -0.4 is 20.1 Å². The molecule has 6 nitrogen and oxygen atoms in total. The van der Waals surface area contributed by atoms with E-state index in [4.69, 9.17) is 9.47 Å². The molecule has 1 atom stereocenters. The molecule has 0 aliphatic carbocycles. The number of carbonyl (C=O) groups excluding carboxylic acids is 2. The highest BCUT2D eigenvalue weighted by molar-refractivity contribution is 5.97. The molecule has 0 bridgehead atoms. The standard InChI is InChI=1S/C20H22N2O4/c1-25-15-9-6-14(7-10-15)8-11-19(23)21-13-12-18-20(24)22-16-4-2-3-5-17(16)26-18/h2-7,9-10,18H,8,11-13H2,1H3,(H,21,23)(H,22,24). The van der Waals surface area contributed by atoms with Gasteiger partial charge in [0, 0.05) is 19.4 Å². The van der Waals surface area contributed by atoms with Crippen molar-refractivity contribution in [1.29, 1.82) is 0 Å². The van der Waals surface area contributed by atoms with Crippen molar-refractivity contribution in [3.63, 3.8) is 0 Å². The van der Waals surface area contributed by atoms with E-state index in [2.05, 4.69) is 10.6 Å². The summed E-state index contributed by atoms with van der Waals surface area (Å²) in [5.74, 6) is 1.22. The van der Waals surface area contributed by atoms with Crippen molar-refractivity contribution in [2.45, 2.75) is 25.4 Å². The quantitative estimate of drug-likeness (QED) is 0.801. The maximum Gasteiger partial charge on any atom is 0.265 e. The van der Waals surface area contributed by atoms with E-state index in [9.17, 15) is 9.59 Å². The Labute approximate surface area is 152 Å². The van der Waals surface area contributed by atoms with Crippen LogP contribution in [0.2, 0.25) is 0 Å². The number of ether oxygens (including phenoxy) is 2. The van der Waals surface area contributed by atoms with Crippen LogP contribution in [-0.4, -0.2) is 31.6 Å². The third kappa shape index (κ3) is 4.53. The molecule has 3 rings (SSSR count). The number of aryl methyl sites for hydroxylation is 1. The molecule has 2 aromatic carbocycles. The van der Waals surface area contributed by atoms with Gasteiger partial charge in [0.15, 0.2) is 6.10 Å². The predicted molar refractivity (Wildman–Crippen MR) is 98.4 cm³/mol. The monoisotopic (exact) mass is 354 g/mol. The smallest absolute Gasteiger partial charge is 0.265 e. The second-order valence-corrected chi connectivity index (χ2v) is 6.08. The van der Waals surface area contributed by atoms with Gasteiger partial charge in [-0.05, 0) is 36.2 Å². The number of rotatable bonds is 7. The molecule has 0 radical (unpaired) electrons. The minimum Gasteiger partial charge on any atom is -0.497 e. The summed E-state index contributed by atoms with van der Waals surface area (Å²) in [7, 11) is 1.62. The largest absolute Gasteiger partial charge is 0.497 e. The Morgan fingerprint density at radius 3 is 2.73 bits per heavy atom. The molecule has 2 N–H and O–H groups in total. The molecule has 2 aromatic rings. The van der Waals surface area contributed by atoms with Crippen molar-refractivity contribution in [2.24, 2.45) is 0 Å². The maximum absolute atomic E-state index is 12.0. The zero-order valence-corrected chi connectivity index (χ0v) is 14.7. The van der Waals surface area contributed by atoms with Crippen molar-refractivity contribution in [1.82, 2.24) is 5.32 Å². The summed E-state index contributed by atoms with van der Waals surface area (Å²) in [5, 5.41) is 5.66. The molecular weight excluding hydrogens is 332 g/mol. The number of nitrogens with one attached hydrogen (secondary N) is 2. The summed E-state index contributed by atoms with van der Waals surface area (Å²) in [5.41, 5.74) is 1.75. The fourth-order valence-electron chi connectivity index (χ4n) is 2.76. The van der Waals surface area contributed by atoms with Crippen LogP contribution in [0.1, 0.15) is 18.4 Å². The molecule has 0 aromatic heterocycles. The number of hydrogen-bond donors (Lipinski definition) is 2. The minimum atomic E-state index is -0.591. The zero-order chi connectivity index (χ0) is 18.4. The molecule has 1 unspecified atom stereocenters. The lowest BCUT2D eigenvalue weighted by Gasteiger charge is -2.25. The Hall–Kier alpha value is -3.02. The number of carbonyl (C=O) groups is 2. The van der Waals surface area contributed by atoms with Crippen molar-refractivity contribution in [3.8, 4) is 11.5 Å². The van der Waals surface area contributed by atoms with Gasteiger partial charge in [0.1, 0.15) is 11.5 Å². The third-order valence-corrected chi connectivity index (χ3v) is 4.24. The molecular formula is C20H22N2O4. The topological polar surface area (TPSA) is 76.7 Å². The second kappa shape index (κ2) is 8.38. The van der Waals surface area contributed by atoms with Gasteiger partial charge in [0.05, 0.1) is 12.8 Å². The highest BCUT2D eigenvalue weighted by Gasteiger charge is 2.26. The van der Waals surface area contributed by atoms with E-state index in [-0.39, 0.29) is 11.8 Å². The number of anilines is 1. The Balaban J connectivity index is 1.40. The van der Waals surface area contributed by atoms with Crippen molar-refractivity contribution >= 4 is 17.5 Å². The van der Waals surface area contributed by atoms with E-state index in [1.54, 1.807) is 13.2 Å². The number of amides is 2. The van der Waals surface area contributed by atoms with Gasteiger partial charge >= 0.3 is 0 Å². The average Bonchev–Trinajstić information content (AvgIpc) is 2.67. The van der Waals surface area contributed by atoms with Crippen LogP contribution >= 0.6 is 0 Å². The molecule has 1 aliphatic heterocycles. The maximum atomic E-state index is 12.0. The Morgan fingerprint density at radius 1 is 1.19 bits per heavy atom. The first-order valence-corrected chi connectivity index (χ1v) is 8.62. The van der Waals surface area contributed by atoms with E-state index in [0.717, 1.165) is 11.3 Å². The number of methoxy groups -OCH3 is 1. The van der Waals surface area contributed by atoms with Crippen LogP contribution in [0.4, 0.5) is 5.69 Å². The van der Waals surface area contributed by atoms with E-state index in [1.165, 1.54) is 0 Å². The van der Waals surface area contributed by atoms with Crippen LogP contribution in [0.5, 0.6) is 11.5 Å². The van der Waals surface area contributed by atoms with Crippen molar-refractivity contribution in [2.75, 3.05) is 19.0 Å². The molecule has 136 valence electrons. The van der Waals surface area contributed by atoms with E-state index in [0.29, 0.717) is 37.2 Å². The molecule has 1 heterocycles. The fourth-order valence-corrected chi connectivity index (χ4v) is 2.76. The summed E-state index contributed by atoms with van der Waals surface area (Å²) in [6, 6.07) is 15.0. The molecule has 1 aliphatic rings. The summed E-state index contributed by atoms with van der Waals surface area (Å²) >= 11 is 0. The summed E-state index contributed by atoms with van der Waals surface area (Å²) in [6.07, 6.45) is 0.886. The highest BCUT2D eigenvalue weighted by Crippen LogP contribution is 2.29. The molecule has 0 spiro atoms. The molecule has 2 amide bonds. The van der Waals surface area contributed by atoms with Crippen LogP contribution in [-0.2, 0) is 16.0 Å². The van der Waals surface area contributed by atoms with Gasteiger partial charge in [-0.25, -0.2) is 0 Å². The summed E-state index contributed by atoms with van der Waals surface area (Å²) < 4.78 is 10.8. The predicted octanol–water partition coefficient (Wildman–Crippen LogP) is 2.53. The van der Waals surface area contributed by atoms with Crippen LogP contribution in [0.3, 0.4) is 0 Å². The molecule has 0 saturated heterocycles. The minimum absolute atomic E-state index is 0.0440. The van der Waals surface area contributed by atoms with Gasteiger partial charge in [-0.3, -0.25) is 9.59 Å². The van der Waals surface area contributed by atoms with Gasteiger partial charge in [0.25, 0.3) is 5.91 Å². The van der Waals surface area contributed by atoms with E-state index >= 15 is 0 Å². The van der Waals surface area contributed by atoms with Gasteiger partial charge in [-0.15, -0.1) is 0 Å². The number of benzene rings is 2. The van der Waals surface area contributed by atoms with E-state index in [1.807, 2.05) is 42.5 Å².